The summed E-state index contributed by atoms with van der Waals surface area (Å²) in [6, 6.07) is 2.20. The van der Waals surface area contributed by atoms with Crippen LogP contribution < -0.4 is 10.0 Å². The van der Waals surface area contributed by atoms with Gasteiger partial charge in [-0.25, -0.2) is 17.5 Å². The van der Waals surface area contributed by atoms with Crippen LogP contribution in [0.1, 0.15) is 38.7 Å². The maximum absolute atomic E-state index is 14.2. The van der Waals surface area contributed by atoms with Crippen molar-refractivity contribution in [3.63, 3.8) is 0 Å². The van der Waals surface area contributed by atoms with Gasteiger partial charge in [0.15, 0.2) is 0 Å². The zero-order valence-corrected chi connectivity index (χ0v) is 14.2. The fraction of sp³-hybridized carbons (Fsp3) is 0.467. The van der Waals surface area contributed by atoms with Crippen LogP contribution in [0, 0.1) is 5.82 Å². The van der Waals surface area contributed by atoms with Crippen molar-refractivity contribution >= 4 is 27.6 Å². The minimum absolute atomic E-state index is 0.0597. The first-order chi connectivity index (χ1) is 11.0. The summed E-state index contributed by atoms with van der Waals surface area (Å²) >= 11 is 0. The maximum atomic E-state index is 14.2. The molecule has 132 valence electrons. The number of carbonyl (C=O) groups excluding carboxylic acids is 1. The summed E-state index contributed by atoms with van der Waals surface area (Å²) in [7, 11) is -4.17. The number of aryl methyl sites for hydroxylation is 1. The van der Waals surface area contributed by atoms with Crippen LogP contribution in [0.4, 0.5) is 10.1 Å². The zero-order chi connectivity index (χ0) is 18.1. The minimum atomic E-state index is -4.17. The van der Waals surface area contributed by atoms with Crippen molar-refractivity contribution in [2.75, 3.05) is 5.32 Å². The number of amides is 1. The van der Waals surface area contributed by atoms with Crippen LogP contribution in [-0.2, 0) is 26.0 Å². The molecule has 0 saturated heterocycles. The van der Waals surface area contributed by atoms with Crippen LogP contribution in [0.5, 0.6) is 0 Å². The summed E-state index contributed by atoms with van der Waals surface area (Å²) in [6.07, 6.45) is 0.375. The van der Waals surface area contributed by atoms with E-state index in [4.69, 9.17) is 5.11 Å². The standard InChI is InChI=1S/C15H19FN2O5S/c1-15(2,6-5-14(20)21)18-24(22,23)12-7-9-3-4-13(19)17-11(9)8-10(12)16/h7-8,18H,3-6H2,1-2H3,(H,17,19)(H,20,21). The highest BCUT2D eigenvalue weighted by Crippen LogP contribution is 2.29. The van der Waals surface area contributed by atoms with Gasteiger partial charge in [0.2, 0.25) is 15.9 Å². The Labute approximate surface area is 139 Å². The number of carboxylic acid groups (broad SMARTS) is 1. The van der Waals surface area contributed by atoms with Crippen molar-refractivity contribution in [1.29, 1.82) is 0 Å². The van der Waals surface area contributed by atoms with Gasteiger partial charge in [0.25, 0.3) is 0 Å². The molecule has 0 radical (unpaired) electrons. The molecule has 3 N–H and O–H groups in total. The number of anilines is 1. The Kier molecular flexibility index (Phi) is 4.95. The molecule has 24 heavy (non-hydrogen) atoms. The van der Waals surface area contributed by atoms with E-state index < -0.39 is 32.2 Å². The van der Waals surface area contributed by atoms with E-state index in [0.29, 0.717) is 12.0 Å². The van der Waals surface area contributed by atoms with Crippen molar-refractivity contribution in [2.45, 2.75) is 50.0 Å². The normalized spacial score (nSPS) is 14.9. The fourth-order valence-electron chi connectivity index (χ4n) is 2.47. The highest BCUT2D eigenvalue weighted by molar-refractivity contribution is 7.89. The second-order valence-corrected chi connectivity index (χ2v) is 8.02. The van der Waals surface area contributed by atoms with E-state index in [1.165, 1.54) is 19.9 Å². The lowest BCUT2D eigenvalue weighted by Crippen LogP contribution is -2.43. The molecule has 0 bridgehead atoms. The molecule has 0 fully saturated rings. The Bertz CT molecular complexity index is 789. The number of rotatable bonds is 6. The molecule has 1 aliphatic heterocycles. The van der Waals surface area contributed by atoms with Gasteiger partial charge in [-0.15, -0.1) is 0 Å². The van der Waals surface area contributed by atoms with Crippen molar-refractivity contribution in [1.82, 2.24) is 4.72 Å². The van der Waals surface area contributed by atoms with Gasteiger partial charge in [0, 0.05) is 24.1 Å². The van der Waals surface area contributed by atoms with Gasteiger partial charge in [-0.2, -0.15) is 0 Å². The Morgan fingerprint density at radius 1 is 1.38 bits per heavy atom. The molecule has 1 aromatic carbocycles. The number of nitrogens with one attached hydrogen (secondary N) is 2. The second-order valence-electron chi connectivity index (χ2n) is 6.37. The molecule has 0 aromatic heterocycles. The Balaban J connectivity index is 2.29. The Morgan fingerprint density at radius 2 is 2.04 bits per heavy atom. The number of fused-ring (bicyclic) bond motifs is 1. The number of hydrogen-bond acceptors (Lipinski definition) is 4. The number of sulfonamides is 1. The molecule has 2 rings (SSSR count). The molecule has 7 nitrogen and oxygen atoms in total. The minimum Gasteiger partial charge on any atom is -0.481 e. The predicted octanol–water partition coefficient (Wildman–Crippen LogP) is 1.63. The van der Waals surface area contributed by atoms with Gasteiger partial charge < -0.3 is 10.4 Å². The molecular formula is C15H19FN2O5S. The topological polar surface area (TPSA) is 113 Å². The number of hydrogen-bond donors (Lipinski definition) is 3. The van der Waals surface area contributed by atoms with Crippen LogP contribution in [0.2, 0.25) is 0 Å². The second kappa shape index (κ2) is 6.48. The summed E-state index contributed by atoms with van der Waals surface area (Å²) in [5, 5.41) is 11.2. The third kappa shape index (κ3) is 4.30. The van der Waals surface area contributed by atoms with Crippen molar-refractivity contribution in [2.24, 2.45) is 0 Å². The number of benzene rings is 1. The molecule has 0 saturated carbocycles. The van der Waals surface area contributed by atoms with E-state index in [1.807, 2.05) is 0 Å². The number of aliphatic carboxylic acids is 1. The van der Waals surface area contributed by atoms with Crippen LogP contribution >= 0.6 is 0 Å². The third-order valence-corrected chi connectivity index (χ3v) is 5.43. The maximum Gasteiger partial charge on any atom is 0.303 e. The summed E-state index contributed by atoms with van der Waals surface area (Å²) in [6.45, 7) is 3.06. The summed E-state index contributed by atoms with van der Waals surface area (Å²) in [5.41, 5.74) is -0.235. The van der Waals surface area contributed by atoms with E-state index in [2.05, 4.69) is 10.0 Å². The molecule has 1 aromatic rings. The summed E-state index contributed by atoms with van der Waals surface area (Å²) in [4.78, 5) is 21.5. The lowest BCUT2D eigenvalue weighted by Gasteiger charge is -2.26. The monoisotopic (exact) mass is 358 g/mol. The van der Waals surface area contributed by atoms with Crippen LogP contribution in [-0.4, -0.2) is 30.9 Å². The zero-order valence-electron chi connectivity index (χ0n) is 13.3. The highest BCUT2D eigenvalue weighted by Gasteiger charge is 2.30. The predicted molar refractivity (Wildman–Crippen MR) is 84.6 cm³/mol. The molecule has 1 aliphatic rings. The molecule has 1 heterocycles. The van der Waals surface area contributed by atoms with Gasteiger partial charge in [-0.3, -0.25) is 9.59 Å². The lowest BCUT2D eigenvalue weighted by atomic mass is 10.0. The first kappa shape index (κ1) is 18.3. The molecule has 9 heteroatoms. The van der Waals surface area contributed by atoms with Gasteiger partial charge in [0.05, 0.1) is 0 Å². The molecular weight excluding hydrogens is 339 g/mol. The van der Waals surface area contributed by atoms with Gasteiger partial charge in [-0.1, -0.05) is 0 Å². The molecule has 1 amide bonds. The fourth-order valence-corrected chi connectivity index (χ4v) is 4.03. The van der Waals surface area contributed by atoms with Gasteiger partial charge in [-0.05, 0) is 44.4 Å². The van der Waals surface area contributed by atoms with Crippen molar-refractivity contribution in [3.05, 3.63) is 23.5 Å². The first-order valence-corrected chi connectivity index (χ1v) is 8.86. The van der Waals surface area contributed by atoms with Gasteiger partial charge >= 0.3 is 5.97 Å². The largest absolute Gasteiger partial charge is 0.481 e. The van der Waals surface area contributed by atoms with E-state index >= 15 is 0 Å². The quantitative estimate of drug-likeness (QED) is 0.715. The van der Waals surface area contributed by atoms with Crippen LogP contribution in [0.15, 0.2) is 17.0 Å². The summed E-state index contributed by atoms with van der Waals surface area (Å²) in [5.74, 6) is -2.26. The molecule has 0 atom stereocenters. The molecule has 0 spiro atoms. The number of carboxylic acids is 1. The van der Waals surface area contributed by atoms with Crippen molar-refractivity contribution < 1.29 is 27.5 Å². The first-order valence-electron chi connectivity index (χ1n) is 7.38. The average molecular weight is 358 g/mol. The van der Waals surface area contributed by atoms with E-state index in [-0.39, 0.29) is 30.9 Å². The van der Waals surface area contributed by atoms with E-state index in [0.717, 1.165) is 6.07 Å². The van der Waals surface area contributed by atoms with E-state index in [9.17, 15) is 22.4 Å². The lowest BCUT2D eigenvalue weighted by molar-refractivity contribution is -0.137. The molecule has 0 unspecified atom stereocenters. The third-order valence-electron chi connectivity index (χ3n) is 3.72. The van der Waals surface area contributed by atoms with Gasteiger partial charge in [0.1, 0.15) is 10.7 Å². The Hall–Kier alpha value is -2.00. The number of carbonyl (C=O) groups is 2. The highest BCUT2D eigenvalue weighted by atomic mass is 32.2. The molecule has 0 aliphatic carbocycles. The Morgan fingerprint density at radius 3 is 2.67 bits per heavy atom. The van der Waals surface area contributed by atoms with E-state index in [1.54, 1.807) is 0 Å². The smallest absolute Gasteiger partial charge is 0.303 e. The van der Waals surface area contributed by atoms with Crippen molar-refractivity contribution in [3.8, 4) is 0 Å². The SMILES string of the molecule is CC(C)(CCC(=O)O)NS(=O)(=O)c1cc2c(cc1F)NC(=O)CC2. The van der Waals surface area contributed by atoms with Crippen LogP contribution in [0.3, 0.4) is 0 Å². The van der Waals surface area contributed by atoms with Crippen LogP contribution in [0.25, 0.3) is 0 Å². The average Bonchev–Trinajstić information content (AvgIpc) is 2.43. The summed E-state index contributed by atoms with van der Waals surface area (Å²) < 4.78 is 41.5. The number of halogens is 1.